The van der Waals surface area contributed by atoms with Crippen LogP contribution in [0.5, 0.6) is 0 Å². The Morgan fingerprint density at radius 3 is 3.07 bits per heavy atom. The third kappa shape index (κ3) is 2.14. The van der Waals surface area contributed by atoms with Crippen LogP contribution in [0.2, 0.25) is 0 Å². The van der Waals surface area contributed by atoms with Gasteiger partial charge in [-0.25, -0.2) is 0 Å². The lowest BCUT2D eigenvalue weighted by atomic mass is 10.1. The average Bonchev–Trinajstić information content (AvgIpc) is 2.29. The number of aromatic nitrogens is 1. The summed E-state index contributed by atoms with van der Waals surface area (Å²) in [6, 6.07) is 9.93. The molecule has 0 fully saturated rings. The molecule has 15 heavy (non-hydrogen) atoms. The molecule has 1 aromatic carbocycles. The topological polar surface area (TPSA) is 48.1 Å². The van der Waals surface area contributed by atoms with Crippen molar-refractivity contribution in [2.24, 2.45) is 5.73 Å². The molecule has 1 aromatic heterocycles. The molecule has 3 heteroatoms. The number of benzene rings is 1. The highest BCUT2D eigenvalue weighted by Gasteiger charge is 2.05. The molecule has 0 aliphatic rings. The monoisotopic (exact) mass is 202 g/mol. The van der Waals surface area contributed by atoms with Crippen molar-refractivity contribution in [3.8, 4) is 0 Å². The van der Waals surface area contributed by atoms with Gasteiger partial charge in [-0.2, -0.15) is 0 Å². The summed E-state index contributed by atoms with van der Waals surface area (Å²) in [6.07, 6.45) is 1.79. The second-order valence-electron chi connectivity index (χ2n) is 3.52. The molecule has 0 aliphatic heterocycles. The van der Waals surface area contributed by atoms with E-state index in [4.69, 9.17) is 10.5 Å². The van der Waals surface area contributed by atoms with Crippen LogP contribution in [0.15, 0.2) is 36.5 Å². The van der Waals surface area contributed by atoms with Gasteiger partial charge in [0.25, 0.3) is 0 Å². The molecule has 3 nitrogen and oxygen atoms in total. The molecule has 0 bridgehead atoms. The molecular weight excluding hydrogens is 188 g/mol. The standard InChI is InChI=1S/C12H14N2O/c1-15-8-11(13)9-4-5-12-10(7-9)3-2-6-14-12/h2-7,11H,8,13H2,1H3. The molecular formula is C12H14N2O. The summed E-state index contributed by atoms with van der Waals surface area (Å²) >= 11 is 0. The molecule has 0 spiro atoms. The van der Waals surface area contributed by atoms with Crippen LogP contribution in [-0.2, 0) is 4.74 Å². The molecule has 2 N–H and O–H groups in total. The number of nitrogens with two attached hydrogens (primary N) is 1. The first-order valence-corrected chi connectivity index (χ1v) is 4.90. The van der Waals surface area contributed by atoms with Gasteiger partial charge in [-0.1, -0.05) is 12.1 Å². The highest BCUT2D eigenvalue weighted by Crippen LogP contribution is 2.17. The molecule has 0 aliphatic carbocycles. The summed E-state index contributed by atoms with van der Waals surface area (Å²) < 4.78 is 5.03. The third-order valence-electron chi connectivity index (χ3n) is 2.40. The van der Waals surface area contributed by atoms with Gasteiger partial charge < -0.3 is 10.5 Å². The van der Waals surface area contributed by atoms with Crippen molar-refractivity contribution in [1.29, 1.82) is 0 Å². The van der Waals surface area contributed by atoms with E-state index in [0.717, 1.165) is 16.5 Å². The van der Waals surface area contributed by atoms with Gasteiger partial charge in [-0.05, 0) is 23.8 Å². The van der Waals surface area contributed by atoms with Gasteiger partial charge in [-0.3, -0.25) is 4.98 Å². The minimum atomic E-state index is -0.0698. The Morgan fingerprint density at radius 1 is 1.40 bits per heavy atom. The predicted octanol–water partition coefficient (Wildman–Crippen LogP) is 1.88. The molecule has 0 amide bonds. The van der Waals surface area contributed by atoms with Crippen LogP contribution in [-0.4, -0.2) is 18.7 Å². The number of ether oxygens (including phenoxy) is 1. The van der Waals surface area contributed by atoms with Crippen molar-refractivity contribution in [3.05, 3.63) is 42.1 Å². The quantitative estimate of drug-likeness (QED) is 0.826. The smallest absolute Gasteiger partial charge is 0.0702 e. The van der Waals surface area contributed by atoms with Gasteiger partial charge >= 0.3 is 0 Å². The number of pyridine rings is 1. The van der Waals surface area contributed by atoms with Crippen molar-refractivity contribution in [1.82, 2.24) is 4.98 Å². The third-order valence-corrected chi connectivity index (χ3v) is 2.40. The Kier molecular flexibility index (Phi) is 2.94. The maximum atomic E-state index is 5.95. The van der Waals surface area contributed by atoms with Gasteiger partial charge in [-0.15, -0.1) is 0 Å². The second kappa shape index (κ2) is 4.38. The first-order valence-electron chi connectivity index (χ1n) is 4.90. The van der Waals surface area contributed by atoms with E-state index in [2.05, 4.69) is 11.1 Å². The summed E-state index contributed by atoms with van der Waals surface area (Å²) in [6.45, 7) is 0.534. The van der Waals surface area contributed by atoms with Crippen LogP contribution in [0.3, 0.4) is 0 Å². The van der Waals surface area contributed by atoms with Crippen LogP contribution >= 0.6 is 0 Å². The highest BCUT2D eigenvalue weighted by atomic mass is 16.5. The lowest BCUT2D eigenvalue weighted by Crippen LogP contribution is -2.15. The van der Waals surface area contributed by atoms with E-state index in [1.54, 1.807) is 13.3 Å². The van der Waals surface area contributed by atoms with Gasteiger partial charge in [0.15, 0.2) is 0 Å². The maximum Gasteiger partial charge on any atom is 0.0702 e. The molecule has 0 saturated carbocycles. The van der Waals surface area contributed by atoms with Crippen LogP contribution in [0.25, 0.3) is 10.9 Å². The van der Waals surface area contributed by atoms with E-state index in [1.165, 1.54) is 0 Å². The van der Waals surface area contributed by atoms with Gasteiger partial charge in [0.05, 0.1) is 18.2 Å². The van der Waals surface area contributed by atoms with E-state index in [0.29, 0.717) is 6.61 Å². The first-order chi connectivity index (χ1) is 7.31. The molecule has 2 rings (SSSR count). The van der Waals surface area contributed by atoms with Crippen LogP contribution < -0.4 is 5.73 Å². The number of fused-ring (bicyclic) bond motifs is 1. The number of nitrogens with zero attached hydrogens (tertiary/aromatic N) is 1. The van der Waals surface area contributed by atoms with Crippen molar-refractivity contribution in [2.45, 2.75) is 6.04 Å². The fraction of sp³-hybridized carbons (Fsp3) is 0.250. The van der Waals surface area contributed by atoms with Gasteiger partial charge in [0.1, 0.15) is 0 Å². The predicted molar refractivity (Wildman–Crippen MR) is 60.5 cm³/mol. The largest absolute Gasteiger partial charge is 0.383 e. The molecule has 2 aromatic rings. The molecule has 78 valence electrons. The Balaban J connectivity index is 2.38. The fourth-order valence-electron chi connectivity index (χ4n) is 1.60. The number of rotatable bonds is 3. The van der Waals surface area contributed by atoms with E-state index < -0.39 is 0 Å². The van der Waals surface area contributed by atoms with Gasteiger partial charge in [0, 0.05) is 18.7 Å². The summed E-state index contributed by atoms with van der Waals surface area (Å²) in [7, 11) is 1.66. The first kappa shape index (κ1) is 10.1. The molecule has 0 saturated heterocycles. The van der Waals surface area contributed by atoms with Crippen molar-refractivity contribution in [2.75, 3.05) is 13.7 Å². The van der Waals surface area contributed by atoms with Crippen molar-refractivity contribution < 1.29 is 4.74 Å². The average molecular weight is 202 g/mol. The van der Waals surface area contributed by atoms with Crippen molar-refractivity contribution in [3.63, 3.8) is 0 Å². The number of hydrogen-bond donors (Lipinski definition) is 1. The minimum Gasteiger partial charge on any atom is -0.383 e. The molecule has 1 atom stereocenters. The zero-order valence-electron chi connectivity index (χ0n) is 8.68. The van der Waals surface area contributed by atoms with Crippen LogP contribution in [0, 0.1) is 0 Å². The SMILES string of the molecule is COCC(N)c1ccc2ncccc2c1. The number of methoxy groups -OCH3 is 1. The Hall–Kier alpha value is -1.45. The van der Waals surface area contributed by atoms with E-state index in [-0.39, 0.29) is 6.04 Å². The maximum absolute atomic E-state index is 5.95. The summed E-state index contributed by atoms with van der Waals surface area (Å²) in [5.74, 6) is 0. The zero-order valence-corrected chi connectivity index (χ0v) is 8.68. The molecule has 1 heterocycles. The zero-order chi connectivity index (χ0) is 10.7. The fourth-order valence-corrected chi connectivity index (χ4v) is 1.60. The van der Waals surface area contributed by atoms with E-state index >= 15 is 0 Å². The van der Waals surface area contributed by atoms with Gasteiger partial charge in [0.2, 0.25) is 0 Å². The molecule has 1 unspecified atom stereocenters. The minimum absolute atomic E-state index is 0.0698. The lowest BCUT2D eigenvalue weighted by molar-refractivity contribution is 0.181. The Morgan fingerprint density at radius 2 is 2.27 bits per heavy atom. The summed E-state index contributed by atoms with van der Waals surface area (Å²) in [4.78, 5) is 4.26. The normalized spacial score (nSPS) is 12.9. The Bertz CT molecular complexity index is 456. The Labute approximate surface area is 88.9 Å². The highest BCUT2D eigenvalue weighted by molar-refractivity contribution is 5.79. The lowest BCUT2D eigenvalue weighted by Gasteiger charge is -2.11. The summed E-state index contributed by atoms with van der Waals surface area (Å²) in [5, 5.41) is 1.11. The van der Waals surface area contributed by atoms with E-state index in [1.807, 2.05) is 24.3 Å². The second-order valence-corrected chi connectivity index (χ2v) is 3.52. The summed E-state index contributed by atoms with van der Waals surface area (Å²) in [5.41, 5.74) is 8.02. The molecule has 0 radical (unpaired) electrons. The van der Waals surface area contributed by atoms with Crippen LogP contribution in [0.1, 0.15) is 11.6 Å². The number of hydrogen-bond acceptors (Lipinski definition) is 3. The van der Waals surface area contributed by atoms with Crippen molar-refractivity contribution >= 4 is 10.9 Å². The van der Waals surface area contributed by atoms with E-state index in [9.17, 15) is 0 Å². The van der Waals surface area contributed by atoms with Crippen LogP contribution in [0.4, 0.5) is 0 Å².